The Labute approximate surface area is 97.3 Å². The fourth-order valence-corrected chi connectivity index (χ4v) is 1.71. The first-order chi connectivity index (χ1) is 7.67. The van der Waals surface area contributed by atoms with Crippen LogP contribution in [0.3, 0.4) is 0 Å². The van der Waals surface area contributed by atoms with Gasteiger partial charge in [-0.3, -0.25) is 0 Å². The molecule has 16 heavy (non-hydrogen) atoms. The summed E-state index contributed by atoms with van der Waals surface area (Å²) in [5.41, 5.74) is 6.58. The molecule has 1 aromatic rings. The average molecular weight is 224 g/mol. The third-order valence-corrected chi connectivity index (χ3v) is 3.03. The van der Waals surface area contributed by atoms with E-state index in [1.165, 1.54) is 6.07 Å². The minimum Gasteiger partial charge on any atom is -0.375 e. The van der Waals surface area contributed by atoms with Crippen LogP contribution in [0.2, 0.25) is 0 Å². The highest BCUT2D eigenvalue weighted by Gasteiger charge is 2.07. The lowest BCUT2D eigenvalue weighted by Crippen LogP contribution is -2.24. The molecule has 0 amide bonds. The molecule has 2 nitrogen and oxygen atoms in total. The molecule has 2 N–H and O–H groups in total. The zero-order valence-corrected chi connectivity index (χ0v) is 10.1. The van der Waals surface area contributed by atoms with Crippen molar-refractivity contribution in [2.45, 2.75) is 19.8 Å². The Morgan fingerprint density at radius 1 is 1.44 bits per heavy atom. The topological polar surface area (TPSA) is 29.3 Å². The maximum atomic E-state index is 13.0. The van der Waals surface area contributed by atoms with E-state index in [0.29, 0.717) is 5.92 Å². The molecule has 1 aromatic carbocycles. The van der Waals surface area contributed by atoms with E-state index in [0.717, 1.165) is 31.6 Å². The zero-order chi connectivity index (χ0) is 12.0. The van der Waals surface area contributed by atoms with Gasteiger partial charge in [-0.2, -0.15) is 0 Å². The number of hydrogen-bond acceptors (Lipinski definition) is 2. The standard InChI is InChI=1S/C13H21FN2/c1-3-11(10-15)7-8-16(2)13-6-4-5-12(14)9-13/h4-6,9,11H,3,7-8,10,15H2,1-2H3. The van der Waals surface area contributed by atoms with E-state index >= 15 is 0 Å². The van der Waals surface area contributed by atoms with Crippen molar-refractivity contribution >= 4 is 5.69 Å². The highest BCUT2D eigenvalue weighted by atomic mass is 19.1. The van der Waals surface area contributed by atoms with Gasteiger partial charge in [0.1, 0.15) is 5.82 Å². The van der Waals surface area contributed by atoms with Crippen molar-refractivity contribution in [3.63, 3.8) is 0 Å². The van der Waals surface area contributed by atoms with Crippen molar-refractivity contribution in [1.82, 2.24) is 0 Å². The summed E-state index contributed by atoms with van der Waals surface area (Å²) in [6.45, 7) is 3.80. The van der Waals surface area contributed by atoms with Gasteiger partial charge in [-0.25, -0.2) is 4.39 Å². The van der Waals surface area contributed by atoms with Gasteiger partial charge < -0.3 is 10.6 Å². The van der Waals surface area contributed by atoms with Gasteiger partial charge in [0.05, 0.1) is 0 Å². The highest BCUT2D eigenvalue weighted by Crippen LogP contribution is 2.15. The molecule has 0 aliphatic heterocycles. The summed E-state index contributed by atoms with van der Waals surface area (Å²) in [7, 11) is 1.98. The summed E-state index contributed by atoms with van der Waals surface area (Å²) >= 11 is 0. The number of nitrogens with two attached hydrogens (primary N) is 1. The lowest BCUT2D eigenvalue weighted by atomic mass is 10.0. The van der Waals surface area contributed by atoms with E-state index in [1.807, 2.05) is 13.1 Å². The third-order valence-electron chi connectivity index (χ3n) is 3.03. The summed E-state index contributed by atoms with van der Waals surface area (Å²) in [6.07, 6.45) is 2.16. The molecule has 1 unspecified atom stereocenters. The number of halogens is 1. The first-order valence-electron chi connectivity index (χ1n) is 5.84. The molecule has 1 atom stereocenters. The van der Waals surface area contributed by atoms with E-state index in [9.17, 15) is 4.39 Å². The van der Waals surface area contributed by atoms with E-state index in [4.69, 9.17) is 5.73 Å². The van der Waals surface area contributed by atoms with Crippen LogP contribution in [0.15, 0.2) is 24.3 Å². The highest BCUT2D eigenvalue weighted by molar-refractivity contribution is 5.45. The van der Waals surface area contributed by atoms with E-state index in [1.54, 1.807) is 12.1 Å². The predicted octanol–water partition coefficient (Wildman–Crippen LogP) is 2.64. The van der Waals surface area contributed by atoms with E-state index < -0.39 is 0 Å². The number of hydrogen-bond donors (Lipinski definition) is 1. The maximum absolute atomic E-state index is 13.0. The number of nitrogens with zero attached hydrogens (tertiary/aromatic N) is 1. The van der Waals surface area contributed by atoms with Crippen LogP contribution in [0.5, 0.6) is 0 Å². The Morgan fingerprint density at radius 2 is 2.19 bits per heavy atom. The van der Waals surface area contributed by atoms with Crippen molar-refractivity contribution in [1.29, 1.82) is 0 Å². The van der Waals surface area contributed by atoms with Crippen LogP contribution in [0.25, 0.3) is 0 Å². The molecule has 0 aromatic heterocycles. The summed E-state index contributed by atoms with van der Waals surface area (Å²) in [5.74, 6) is 0.381. The second-order valence-corrected chi connectivity index (χ2v) is 4.20. The molecule has 0 saturated heterocycles. The van der Waals surface area contributed by atoms with Gasteiger partial charge in [0, 0.05) is 19.3 Å². The first-order valence-corrected chi connectivity index (χ1v) is 5.84. The Balaban J connectivity index is 2.49. The van der Waals surface area contributed by atoms with Gasteiger partial charge in [-0.1, -0.05) is 19.4 Å². The summed E-state index contributed by atoms with van der Waals surface area (Å²) in [4.78, 5) is 2.07. The fraction of sp³-hybridized carbons (Fsp3) is 0.538. The van der Waals surface area contributed by atoms with Crippen molar-refractivity contribution in [3.8, 4) is 0 Å². The van der Waals surface area contributed by atoms with Gasteiger partial charge in [0.25, 0.3) is 0 Å². The Bertz CT molecular complexity index is 311. The molecule has 0 heterocycles. The van der Waals surface area contributed by atoms with Gasteiger partial charge in [0.15, 0.2) is 0 Å². The number of anilines is 1. The largest absolute Gasteiger partial charge is 0.375 e. The maximum Gasteiger partial charge on any atom is 0.125 e. The minimum atomic E-state index is -0.185. The Morgan fingerprint density at radius 3 is 2.75 bits per heavy atom. The van der Waals surface area contributed by atoms with Crippen molar-refractivity contribution in [2.75, 3.05) is 25.0 Å². The monoisotopic (exact) mass is 224 g/mol. The summed E-state index contributed by atoms with van der Waals surface area (Å²) < 4.78 is 13.0. The van der Waals surface area contributed by atoms with Crippen LogP contribution in [0.1, 0.15) is 19.8 Å². The van der Waals surface area contributed by atoms with Crippen molar-refractivity contribution in [3.05, 3.63) is 30.1 Å². The molecular formula is C13H21FN2. The lowest BCUT2D eigenvalue weighted by molar-refractivity contribution is 0.483. The SMILES string of the molecule is CCC(CN)CCN(C)c1cccc(F)c1. The van der Waals surface area contributed by atoms with Gasteiger partial charge in [0.2, 0.25) is 0 Å². The zero-order valence-electron chi connectivity index (χ0n) is 10.1. The summed E-state index contributed by atoms with van der Waals surface area (Å²) in [6, 6.07) is 6.68. The fourth-order valence-electron chi connectivity index (χ4n) is 1.71. The molecule has 90 valence electrons. The van der Waals surface area contributed by atoms with Crippen LogP contribution in [0, 0.1) is 11.7 Å². The molecular weight excluding hydrogens is 203 g/mol. The molecule has 0 radical (unpaired) electrons. The van der Waals surface area contributed by atoms with Crippen LogP contribution in [-0.4, -0.2) is 20.1 Å². The second-order valence-electron chi connectivity index (χ2n) is 4.20. The van der Waals surface area contributed by atoms with Crippen LogP contribution >= 0.6 is 0 Å². The van der Waals surface area contributed by atoms with E-state index in [-0.39, 0.29) is 5.82 Å². The molecule has 0 fully saturated rings. The molecule has 1 rings (SSSR count). The molecule has 0 aliphatic rings. The quantitative estimate of drug-likeness (QED) is 0.805. The molecule has 0 saturated carbocycles. The van der Waals surface area contributed by atoms with Gasteiger partial charge >= 0.3 is 0 Å². The number of rotatable bonds is 6. The molecule has 3 heteroatoms. The van der Waals surface area contributed by atoms with Crippen molar-refractivity contribution < 1.29 is 4.39 Å². The molecule has 0 aliphatic carbocycles. The minimum absolute atomic E-state index is 0.185. The normalized spacial score (nSPS) is 12.5. The van der Waals surface area contributed by atoms with Gasteiger partial charge in [-0.05, 0) is 37.1 Å². The Kier molecular flexibility index (Phi) is 5.26. The first kappa shape index (κ1) is 13.0. The Hall–Kier alpha value is -1.09. The number of benzene rings is 1. The molecule has 0 bridgehead atoms. The smallest absolute Gasteiger partial charge is 0.125 e. The summed E-state index contributed by atoms with van der Waals surface area (Å²) in [5, 5.41) is 0. The van der Waals surface area contributed by atoms with Crippen LogP contribution < -0.4 is 10.6 Å². The van der Waals surface area contributed by atoms with Crippen molar-refractivity contribution in [2.24, 2.45) is 11.7 Å². The average Bonchev–Trinajstić information content (AvgIpc) is 2.30. The van der Waals surface area contributed by atoms with Gasteiger partial charge in [-0.15, -0.1) is 0 Å². The third kappa shape index (κ3) is 3.81. The predicted molar refractivity (Wildman–Crippen MR) is 67.1 cm³/mol. The van der Waals surface area contributed by atoms with E-state index in [2.05, 4.69) is 11.8 Å². The second kappa shape index (κ2) is 6.48. The lowest BCUT2D eigenvalue weighted by Gasteiger charge is -2.22. The van der Waals surface area contributed by atoms with Crippen LogP contribution in [-0.2, 0) is 0 Å². The van der Waals surface area contributed by atoms with Crippen LogP contribution in [0.4, 0.5) is 10.1 Å². The molecule has 0 spiro atoms.